The Morgan fingerprint density at radius 2 is 1.77 bits per heavy atom. The van der Waals surface area contributed by atoms with Crippen LogP contribution in [0.5, 0.6) is 0 Å². The zero-order valence-electron chi connectivity index (χ0n) is 7.92. The fourth-order valence-electron chi connectivity index (χ4n) is 0.620. The van der Waals surface area contributed by atoms with E-state index in [1.54, 1.807) is 6.92 Å². The lowest BCUT2D eigenvalue weighted by Gasteiger charge is -2.12. The van der Waals surface area contributed by atoms with Gasteiger partial charge >= 0.3 is 12.2 Å². The Bertz CT molecular complexity index is 183. The maximum Gasteiger partial charge on any atom is 0.407 e. The molecule has 0 aliphatic heterocycles. The number of carbonyl (C=O) groups excluding carboxylic acids is 2. The van der Waals surface area contributed by atoms with Crippen molar-refractivity contribution < 1.29 is 19.1 Å². The van der Waals surface area contributed by atoms with Crippen LogP contribution in [0.4, 0.5) is 9.59 Å². The molecule has 0 saturated carbocycles. The summed E-state index contributed by atoms with van der Waals surface area (Å²) in [5, 5.41) is 4.91. The topological polar surface area (TPSA) is 76.7 Å². The molecule has 0 saturated heterocycles. The Labute approximate surface area is 76.6 Å². The predicted octanol–water partition coefficient (Wildman–Crippen LogP) is 0.0869. The zero-order valence-corrected chi connectivity index (χ0v) is 7.92. The SMILES string of the molecule is COC(=O)NCC(C)NC(=O)OC. The molecule has 1 atom stereocenters. The number of methoxy groups -OCH3 is 2. The highest BCUT2D eigenvalue weighted by Gasteiger charge is 2.07. The Balaban J connectivity index is 3.56. The van der Waals surface area contributed by atoms with E-state index in [-0.39, 0.29) is 6.04 Å². The van der Waals surface area contributed by atoms with Crippen molar-refractivity contribution in [2.75, 3.05) is 20.8 Å². The first kappa shape index (κ1) is 11.5. The molecule has 0 bridgehead atoms. The van der Waals surface area contributed by atoms with Gasteiger partial charge in [0.15, 0.2) is 0 Å². The largest absolute Gasteiger partial charge is 0.453 e. The van der Waals surface area contributed by atoms with E-state index in [1.165, 1.54) is 14.2 Å². The van der Waals surface area contributed by atoms with Gasteiger partial charge in [0.25, 0.3) is 0 Å². The van der Waals surface area contributed by atoms with E-state index in [1.807, 2.05) is 0 Å². The number of hydrogen-bond donors (Lipinski definition) is 2. The van der Waals surface area contributed by atoms with Crippen molar-refractivity contribution in [3.63, 3.8) is 0 Å². The van der Waals surface area contributed by atoms with Crippen molar-refractivity contribution in [1.82, 2.24) is 10.6 Å². The van der Waals surface area contributed by atoms with Gasteiger partial charge in [-0.25, -0.2) is 9.59 Å². The molecule has 0 aliphatic carbocycles. The van der Waals surface area contributed by atoms with Crippen LogP contribution in [-0.2, 0) is 9.47 Å². The molecule has 0 aromatic rings. The molecule has 0 aromatic heterocycles. The maximum absolute atomic E-state index is 10.7. The molecule has 0 fully saturated rings. The number of ether oxygens (including phenoxy) is 2. The lowest BCUT2D eigenvalue weighted by molar-refractivity contribution is 0.161. The van der Waals surface area contributed by atoms with Crippen LogP contribution in [0, 0.1) is 0 Å². The van der Waals surface area contributed by atoms with Crippen LogP contribution < -0.4 is 10.6 Å². The number of alkyl carbamates (subject to hydrolysis) is 2. The van der Waals surface area contributed by atoms with E-state index in [4.69, 9.17) is 0 Å². The van der Waals surface area contributed by atoms with Gasteiger partial charge in [-0.2, -0.15) is 0 Å². The summed E-state index contributed by atoms with van der Waals surface area (Å²) in [7, 11) is 2.55. The Morgan fingerprint density at radius 3 is 2.23 bits per heavy atom. The first-order valence-corrected chi connectivity index (χ1v) is 3.76. The Kier molecular flexibility index (Phi) is 5.42. The molecule has 0 heterocycles. The van der Waals surface area contributed by atoms with Gasteiger partial charge in [0.2, 0.25) is 0 Å². The number of rotatable bonds is 3. The van der Waals surface area contributed by atoms with E-state index in [9.17, 15) is 9.59 Å². The molecule has 2 amide bonds. The quantitative estimate of drug-likeness (QED) is 0.661. The molecule has 6 heteroatoms. The van der Waals surface area contributed by atoms with Gasteiger partial charge in [-0.3, -0.25) is 0 Å². The van der Waals surface area contributed by atoms with Crippen molar-refractivity contribution in [2.24, 2.45) is 0 Å². The highest BCUT2D eigenvalue weighted by atomic mass is 16.5. The molecule has 2 N–H and O–H groups in total. The second kappa shape index (κ2) is 6.10. The van der Waals surface area contributed by atoms with E-state index < -0.39 is 12.2 Å². The highest BCUT2D eigenvalue weighted by molar-refractivity contribution is 5.68. The van der Waals surface area contributed by atoms with Crippen LogP contribution in [0.3, 0.4) is 0 Å². The van der Waals surface area contributed by atoms with Crippen molar-refractivity contribution >= 4 is 12.2 Å². The first-order chi connectivity index (χ1) is 6.10. The third kappa shape index (κ3) is 5.77. The smallest absolute Gasteiger partial charge is 0.407 e. The summed E-state index contributed by atoms with van der Waals surface area (Å²) in [6.07, 6.45) is -1.06. The third-order valence-electron chi connectivity index (χ3n) is 1.29. The molecular formula is C7H14N2O4. The summed E-state index contributed by atoms with van der Waals surface area (Å²) in [5.41, 5.74) is 0. The summed E-state index contributed by atoms with van der Waals surface area (Å²) in [5.74, 6) is 0. The summed E-state index contributed by atoms with van der Waals surface area (Å²) in [6.45, 7) is 2.02. The van der Waals surface area contributed by atoms with Crippen LogP contribution >= 0.6 is 0 Å². The second-order valence-corrected chi connectivity index (χ2v) is 2.41. The van der Waals surface area contributed by atoms with Gasteiger partial charge < -0.3 is 20.1 Å². The minimum atomic E-state index is -0.529. The van der Waals surface area contributed by atoms with E-state index in [0.717, 1.165) is 0 Å². The lowest BCUT2D eigenvalue weighted by atomic mass is 10.3. The molecule has 6 nitrogen and oxygen atoms in total. The Hall–Kier alpha value is -1.46. The average molecular weight is 190 g/mol. The van der Waals surface area contributed by atoms with Gasteiger partial charge in [-0.15, -0.1) is 0 Å². The Morgan fingerprint density at radius 1 is 1.23 bits per heavy atom. The van der Waals surface area contributed by atoms with Gasteiger partial charge in [0.05, 0.1) is 14.2 Å². The standard InChI is InChI=1S/C7H14N2O4/c1-5(9-7(11)13-3)4-8-6(10)12-2/h5H,4H2,1-3H3,(H,8,10)(H,9,11). The molecule has 0 rings (SSSR count). The second-order valence-electron chi connectivity index (χ2n) is 2.41. The fraction of sp³-hybridized carbons (Fsp3) is 0.714. The molecule has 76 valence electrons. The highest BCUT2D eigenvalue weighted by Crippen LogP contribution is 1.82. The molecule has 13 heavy (non-hydrogen) atoms. The summed E-state index contributed by atoms with van der Waals surface area (Å²) in [4.78, 5) is 21.3. The fourth-order valence-corrected chi connectivity index (χ4v) is 0.620. The third-order valence-corrected chi connectivity index (χ3v) is 1.29. The molecule has 0 spiro atoms. The molecule has 0 radical (unpaired) electrons. The lowest BCUT2D eigenvalue weighted by Crippen LogP contribution is -2.41. The van der Waals surface area contributed by atoms with Crippen molar-refractivity contribution in [2.45, 2.75) is 13.0 Å². The van der Waals surface area contributed by atoms with Gasteiger partial charge in [0.1, 0.15) is 0 Å². The molecule has 0 aliphatic rings. The number of hydrogen-bond acceptors (Lipinski definition) is 4. The monoisotopic (exact) mass is 190 g/mol. The summed E-state index contributed by atoms with van der Waals surface area (Å²) < 4.78 is 8.70. The van der Waals surface area contributed by atoms with Crippen LogP contribution in [0.2, 0.25) is 0 Å². The van der Waals surface area contributed by atoms with E-state index in [2.05, 4.69) is 20.1 Å². The maximum atomic E-state index is 10.7. The van der Waals surface area contributed by atoms with Gasteiger partial charge in [0, 0.05) is 12.6 Å². The number of carbonyl (C=O) groups is 2. The van der Waals surface area contributed by atoms with E-state index >= 15 is 0 Å². The summed E-state index contributed by atoms with van der Waals surface area (Å²) >= 11 is 0. The van der Waals surface area contributed by atoms with Crippen LogP contribution in [0.25, 0.3) is 0 Å². The average Bonchev–Trinajstić information content (AvgIpc) is 2.13. The van der Waals surface area contributed by atoms with Crippen LogP contribution in [0.15, 0.2) is 0 Å². The molecular weight excluding hydrogens is 176 g/mol. The normalized spacial score (nSPS) is 11.3. The molecule has 0 aromatic carbocycles. The summed E-state index contributed by atoms with van der Waals surface area (Å²) in [6, 6.07) is -0.202. The zero-order chi connectivity index (χ0) is 10.3. The van der Waals surface area contributed by atoms with Gasteiger partial charge in [-0.05, 0) is 6.92 Å². The van der Waals surface area contributed by atoms with Crippen LogP contribution in [-0.4, -0.2) is 39.0 Å². The van der Waals surface area contributed by atoms with Crippen molar-refractivity contribution in [3.8, 4) is 0 Å². The van der Waals surface area contributed by atoms with Crippen molar-refractivity contribution in [3.05, 3.63) is 0 Å². The predicted molar refractivity (Wildman–Crippen MR) is 45.4 cm³/mol. The van der Waals surface area contributed by atoms with E-state index in [0.29, 0.717) is 6.54 Å². The minimum Gasteiger partial charge on any atom is -0.453 e. The van der Waals surface area contributed by atoms with Crippen LogP contribution in [0.1, 0.15) is 6.92 Å². The van der Waals surface area contributed by atoms with Crippen molar-refractivity contribution in [1.29, 1.82) is 0 Å². The molecule has 1 unspecified atom stereocenters. The number of nitrogens with one attached hydrogen (secondary N) is 2. The number of amides is 2. The minimum absolute atomic E-state index is 0.202. The van der Waals surface area contributed by atoms with Gasteiger partial charge in [-0.1, -0.05) is 0 Å². The first-order valence-electron chi connectivity index (χ1n) is 3.76.